The second-order valence-corrected chi connectivity index (χ2v) is 5.62. The summed E-state index contributed by atoms with van der Waals surface area (Å²) in [6.45, 7) is 2.22. The van der Waals surface area contributed by atoms with Crippen molar-refractivity contribution in [2.75, 3.05) is 5.32 Å². The van der Waals surface area contributed by atoms with Crippen molar-refractivity contribution < 1.29 is 0 Å². The lowest BCUT2D eigenvalue weighted by Crippen LogP contribution is -2.18. The number of nitrogens with one attached hydrogen (secondary N) is 1. The number of hydrogen-bond acceptors (Lipinski definition) is 4. The van der Waals surface area contributed by atoms with Crippen LogP contribution in [0.2, 0.25) is 0 Å². The average Bonchev–Trinajstić information content (AvgIpc) is 3.28. The monoisotopic (exact) mass is 279 g/mol. The number of hydrogen-bond donors (Lipinski definition) is 1. The molecule has 1 atom stereocenters. The first-order valence-corrected chi connectivity index (χ1v) is 7.33. The van der Waals surface area contributed by atoms with Crippen molar-refractivity contribution in [1.29, 1.82) is 0 Å². The van der Waals surface area contributed by atoms with Gasteiger partial charge in [-0.1, -0.05) is 18.2 Å². The quantitative estimate of drug-likeness (QED) is 0.797. The van der Waals surface area contributed by atoms with Crippen LogP contribution in [-0.2, 0) is 0 Å². The van der Waals surface area contributed by atoms with Gasteiger partial charge in [0, 0.05) is 6.04 Å². The molecule has 2 heterocycles. The maximum atomic E-state index is 4.47. The van der Waals surface area contributed by atoms with Gasteiger partial charge in [0.1, 0.15) is 12.1 Å². The Morgan fingerprint density at radius 1 is 1.19 bits per heavy atom. The molecule has 0 aliphatic heterocycles. The minimum Gasteiger partial charge on any atom is -0.367 e. The molecule has 0 spiro atoms. The molecule has 106 valence electrons. The zero-order valence-electron chi connectivity index (χ0n) is 11.9. The second kappa shape index (κ2) is 4.84. The Hall–Kier alpha value is -2.43. The summed E-state index contributed by atoms with van der Waals surface area (Å²) in [5.74, 6) is 1.65. The van der Waals surface area contributed by atoms with E-state index in [1.165, 1.54) is 12.8 Å². The van der Waals surface area contributed by atoms with Crippen molar-refractivity contribution in [3.05, 3.63) is 42.9 Å². The molecule has 1 fully saturated rings. The molecule has 5 heteroatoms. The summed E-state index contributed by atoms with van der Waals surface area (Å²) in [6, 6.07) is 10.5. The van der Waals surface area contributed by atoms with Gasteiger partial charge in [-0.2, -0.15) is 5.10 Å². The third-order valence-corrected chi connectivity index (χ3v) is 4.06. The molecule has 1 aliphatic rings. The van der Waals surface area contributed by atoms with Crippen LogP contribution in [0.5, 0.6) is 0 Å². The molecule has 1 saturated carbocycles. The van der Waals surface area contributed by atoms with Crippen molar-refractivity contribution in [1.82, 2.24) is 19.7 Å². The van der Waals surface area contributed by atoms with E-state index < -0.39 is 0 Å². The van der Waals surface area contributed by atoms with E-state index in [1.54, 1.807) is 6.33 Å². The largest absolute Gasteiger partial charge is 0.367 e. The molecule has 0 saturated heterocycles. The highest BCUT2D eigenvalue weighted by molar-refractivity contribution is 5.87. The summed E-state index contributed by atoms with van der Waals surface area (Å²) in [4.78, 5) is 8.78. The fourth-order valence-corrected chi connectivity index (χ4v) is 2.65. The number of nitrogens with zero attached hydrogens (tertiary/aromatic N) is 4. The minimum absolute atomic E-state index is 0.447. The fourth-order valence-electron chi connectivity index (χ4n) is 2.65. The Balaban J connectivity index is 1.75. The summed E-state index contributed by atoms with van der Waals surface area (Å²) < 4.78 is 1.85. The van der Waals surface area contributed by atoms with E-state index in [4.69, 9.17) is 0 Å². The van der Waals surface area contributed by atoms with Gasteiger partial charge < -0.3 is 5.32 Å². The van der Waals surface area contributed by atoms with Crippen LogP contribution in [0, 0.1) is 5.92 Å². The van der Waals surface area contributed by atoms with Gasteiger partial charge >= 0.3 is 0 Å². The van der Waals surface area contributed by atoms with Crippen LogP contribution in [0.15, 0.2) is 42.9 Å². The molecule has 0 bridgehead atoms. The van der Waals surface area contributed by atoms with Gasteiger partial charge in [0.05, 0.1) is 17.3 Å². The maximum absolute atomic E-state index is 4.47. The van der Waals surface area contributed by atoms with Crippen molar-refractivity contribution in [2.24, 2.45) is 5.92 Å². The molecular formula is C16H17N5. The predicted molar refractivity (Wildman–Crippen MR) is 82.5 cm³/mol. The predicted octanol–water partition coefficient (Wildman–Crippen LogP) is 3.03. The standard InChI is InChI=1S/C16H17N5/c1-11(12-7-8-12)20-15-14-9-19-21(16(14)18-10-17-15)13-5-3-2-4-6-13/h2-6,9-12H,7-8H2,1H3,(H,17,18,20). The SMILES string of the molecule is CC(Nc1ncnc2c1cnn2-c1ccccc1)C1CC1. The molecule has 21 heavy (non-hydrogen) atoms. The first-order chi connectivity index (χ1) is 10.3. The van der Waals surface area contributed by atoms with E-state index in [1.807, 2.05) is 41.2 Å². The summed E-state index contributed by atoms with van der Waals surface area (Å²) in [5.41, 5.74) is 1.84. The molecule has 1 unspecified atom stereocenters. The van der Waals surface area contributed by atoms with Gasteiger partial charge in [-0.15, -0.1) is 0 Å². The van der Waals surface area contributed by atoms with Gasteiger partial charge in [-0.05, 0) is 37.8 Å². The van der Waals surface area contributed by atoms with Crippen LogP contribution >= 0.6 is 0 Å². The van der Waals surface area contributed by atoms with Crippen molar-refractivity contribution >= 4 is 16.9 Å². The Bertz CT molecular complexity index is 761. The van der Waals surface area contributed by atoms with E-state index in [9.17, 15) is 0 Å². The molecule has 1 N–H and O–H groups in total. The minimum atomic E-state index is 0.447. The van der Waals surface area contributed by atoms with Crippen LogP contribution in [-0.4, -0.2) is 25.8 Å². The molecule has 1 aromatic carbocycles. The van der Waals surface area contributed by atoms with E-state index in [0.29, 0.717) is 6.04 Å². The lowest BCUT2D eigenvalue weighted by atomic mass is 10.2. The third kappa shape index (κ3) is 2.24. The first kappa shape index (κ1) is 12.3. The Morgan fingerprint density at radius 3 is 2.76 bits per heavy atom. The summed E-state index contributed by atoms with van der Waals surface area (Å²) in [6.07, 6.45) is 6.06. The summed E-state index contributed by atoms with van der Waals surface area (Å²) >= 11 is 0. The highest BCUT2D eigenvalue weighted by atomic mass is 15.3. The molecule has 0 radical (unpaired) electrons. The highest BCUT2D eigenvalue weighted by Gasteiger charge is 2.28. The van der Waals surface area contributed by atoms with E-state index in [0.717, 1.165) is 28.5 Å². The summed E-state index contributed by atoms with van der Waals surface area (Å²) in [5, 5.41) is 8.94. The first-order valence-electron chi connectivity index (χ1n) is 7.33. The van der Waals surface area contributed by atoms with E-state index in [-0.39, 0.29) is 0 Å². The van der Waals surface area contributed by atoms with Gasteiger partial charge in [0.2, 0.25) is 0 Å². The number of anilines is 1. The second-order valence-electron chi connectivity index (χ2n) is 5.62. The summed E-state index contributed by atoms with van der Waals surface area (Å²) in [7, 11) is 0. The van der Waals surface area contributed by atoms with Crippen molar-refractivity contribution in [2.45, 2.75) is 25.8 Å². The van der Waals surface area contributed by atoms with Crippen LogP contribution in [0.25, 0.3) is 16.7 Å². The molecular weight excluding hydrogens is 262 g/mol. The average molecular weight is 279 g/mol. The van der Waals surface area contributed by atoms with Gasteiger partial charge in [-0.3, -0.25) is 0 Å². The Morgan fingerprint density at radius 2 is 2.00 bits per heavy atom. The number of rotatable bonds is 4. The number of para-hydroxylation sites is 1. The lowest BCUT2D eigenvalue weighted by Gasteiger charge is -2.13. The topological polar surface area (TPSA) is 55.6 Å². The Kier molecular flexibility index (Phi) is 2.84. The molecule has 1 aliphatic carbocycles. The third-order valence-electron chi connectivity index (χ3n) is 4.06. The smallest absolute Gasteiger partial charge is 0.168 e. The fraction of sp³-hybridized carbons (Fsp3) is 0.312. The molecule has 0 amide bonds. The molecule has 5 nitrogen and oxygen atoms in total. The molecule has 3 aromatic rings. The van der Waals surface area contributed by atoms with Gasteiger partial charge in [-0.25, -0.2) is 14.6 Å². The van der Waals surface area contributed by atoms with Crippen molar-refractivity contribution in [3.8, 4) is 5.69 Å². The van der Waals surface area contributed by atoms with Crippen LogP contribution in [0.1, 0.15) is 19.8 Å². The van der Waals surface area contributed by atoms with Crippen LogP contribution in [0.3, 0.4) is 0 Å². The van der Waals surface area contributed by atoms with Crippen LogP contribution in [0.4, 0.5) is 5.82 Å². The number of aromatic nitrogens is 4. The van der Waals surface area contributed by atoms with E-state index >= 15 is 0 Å². The van der Waals surface area contributed by atoms with Gasteiger partial charge in [0.15, 0.2) is 5.65 Å². The zero-order chi connectivity index (χ0) is 14.2. The molecule has 2 aromatic heterocycles. The number of benzene rings is 1. The van der Waals surface area contributed by atoms with Gasteiger partial charge in [0.25, 0.3) is 0 Å². The zero-order valence-corrected chi connectivity index (χ0v) is 11.9. The highest BCUT2D eigenvalue weighted by Crippen LogP contribution is 2.34. The molecule has 4 rings (SSSR count). The van der Waals surface area contributed by atoms with E-state index in [2.05, 4.69) is 27.3 Å². The Labute approximate surface area is 123 Å². The lowest BCUT2D eigenvalue weighted by molar-refractivity contribution is 0.691. The van der Waals surface area contributed by atoms with Crippen LogP contribution < -0.4 is 5.32 Å². The van der Waals surface area contributed by atoms with Crippen molar-refractivity contribution in [3.63, 3.8) is 0 Å². The normalized spacial score (nSPS) is 16.0. The maximum Gasteiger partial charge on any atom is 0.168 e. The number of fused-ring (bicyclic) bond motifs is 1.